The van der Waals surface area contributed by atoms with Crippen molar-refractivity contribution in [1.82, 2.24) is 14.8 Å². The number of hydrogen-bond acceptors (Lipinski definition) is 5. The molecule has 0 spiro atoms. The predicted octanol–water partition coefficient (Wildman–Crippen LogP) is 2.59. The van der Waals surface area contributed by atoms with Crippen molar-refractivity contribution in [2.45, 2.75) is 46.2 Å². The van der Waals surface area contributed by atoms with E-state index in [1.807, 2.05) is 37.5 Å². The Kier molecular flexibility index (Phi) is 4.80. The van der Waals surface area contributed by atoms with Crippen LogP contribution in [0.1, 0.15) is 41.2 Å². The lowest BCUT2D eigenvalue weighted by Crippen LogP contribution is -2.46. The third kappa shape index (κ3) is 3.22. The number of carbonyl (C=O) groups excluding carboxylic acids is 3. The minimum Gasteiger partial charge on any atom is -0.454 e. The highest BCUT2D eigenvalue weighted by molar-refractivity contribution is 6.11. The first-order valence-corrected chi connectivity index (χ1v) is 9.96. The van der Waals surface area contributed by atoms with E-state index in [0.717, 1.165) is 28.4 Å². The van der Waals surface area contributed by atoms with Crippen LogP contribution in [-0.2, 0) is 17.8 Å². The first-order chi connectivity index (χ1) is 14.2. The summed E-state index contributed by atoms with van der Waals surface area (Å²) in [4.78, 5) is 39.5. The summed E-state index contributed by atoms with van der Waals surface area (Å²) in [6.45, 7) is 8.12. The zero-order valence-corrected chi connectivity index (χ0v) is 17.6. The summed E-state index contributed by atoms with van der Waals surface area (Å²) < 4.78 is 12.7. The number of hydrogen-bond donors (Lipinski definition) is 1. The fourth-order valence-corrected chi connectivity index (χ4v) is 4.27. The maximum atomic E-state index is 13.1. The normalized spacial score (nSPS) is 20.1. The number of amides is 3. The largest absolute Gasteiger partial charge is 0.454 e. The van der Waals surface area contributed by atoms with Crippen LogP contribution < -0.4 is 14.8 Å². The number of ether oxygens (including phenoxy) is 2. The summed E-state index contributed by atoms with van der Waals surface area (Å²) in [7, 11) is 0. The molecular formula is C22H25N3O5. The van der Waals surface area contributed by atoms with E-state index in [1.165, 1.54) is 0 Å². The van der Waals surface area contributed by atoms with Gasteiger partial charge in [-0.2, -0.15) is 0 Å². The molecule has 1 aromatic heterocycles. The SMILES string of the molecule is CCn1c(C)cc(C(=O)CN2C(=O)N[C@@](C)(Cc3ccc4c(c3)OCO4)C2=O)c1C. The smallest absolute Gasteiger partial charge is 0.325 e. The van der Waals surface area contributed by atoms with Crippen LogP contribution in [0, 0.1) is 13.8 Å². The quantitative estimate of drug-likeness (QED) is 0.583. The van der Waals surface area contributed by atoms with Crippen molar-refractivity contribution < 1.29 is 23.9 Å². The molecule has 1 aromatic carbocycles. The minimum atomic E-state index is -1.13. The standard InChI is InChI=1S/C22H25N3O5/c1-5-24-13(2)8-16(14(24)3)17(26)11-25-20(27)22(4,23-21(25)28)10-15-6-7-18-19(9-15)30-12-29-18/h6-9H,5,10-12H2,1-4H3,(H,23,28)/t22-/m0/s1. The summed E-state index contributed by atoms with van der Waals surface area (Å²) in [5.74, 6) is 0.607. The van der Waals surface area contributed by atoms with E-state index in [0.29, 0.717) is 17.1 Å². The highest BCUT2D eigenvalue weighted by Gasteiger charge is 2.48. The lowest BCUT2D eigenvalue weighted by atomic mass is 9.92. The van der Waals surface area contributed by atoms with E-state index < -0.39 is 17.5 Å². The number of ketones is 1. The van der Waals surface area contributed by atoms with E-state index in [2.05, 4.69) is 5.32 Å². The van der Waals surface area contributed by atoms with Crippen molar-refractivity contribution in [1.29, 1.82) is 0 Å². The molecule has 8 nitrogen and oxygen atoms in total. The van der Waals surface area contributed by atoms with Gasteiger partial charge >= 0.3 is 6.03 Å². The first-order valence-electron chi connectivity index (χ1n) is 9.96. The maximum absolute atomic E-state index is 13.1. The third-order valence-corrected chi connectivity index (χ3v) is 5.83. The number of nitrogens with one attached hydrogen (secondary N) is 1. The minimum absolute atomic E-state index is 0.167. The topological polar surface area (TPSA) is 89.9 Å². The van der Waals surface area contributed by atoms with Crippen LogP contribution in [0.2, 0.25) is 0 Å². The molecule has 0 bridgehead atoms. The van der Waals surface area contributed by atoms with Crippen LogP contribution in [0.3, 0.4) is 0 Å². The van der Waals surface area contributed by atoms with E-state index in [1.54, 1.807) is 19.1 Å². The van der Waals surface area contributed by atoms with Crippen LogP contribution in [0.5, 0.6) is 11.5 Å². The Morgan fingerprint density at radius 1 is 1.17 bits per heavy atom. The number of aryl methyl sites for hydroxylation is 1. The molecule has 0 aliphatic carbocycles. The Morgan fingerprint density at radius 2 is 1.90 bits per heavy atom. The Morgan fingerprint density at radius 3 is 2.60 bits per heavy atom. The molecule has 1 N–H and O–H groups in total. The zero-order valence-electron chi connectivity index (χ0n) is 17.6. The molecule has 2 aromatic rings. The molecule has 8 heteroatoms. The molecule has 1 atom stereocenters. The fraction of sp³-hybridized carbons (Fsp3) is 0.409. The molecule has 158 valence electrons. The van der Waals surface area contributed by atoms with E-state index >= 15 is 0 Å². The van der Waals surface area contributed by atoms with Crippen LogP contribution in [-0.4, -0.2) is 46.1 Å². The molecule has 0 radical (unpaired) electrons. The lowest BCUT2D eigenvalue weighted by Gasteiger charge is -2.21. The average Bonchev–Trinajstić information content (AvgIpc) is 3.33. The number of imide groups is 1. The van der Waals surface area contributed by atoms with Crippen LogP contribution in [0.25, 0.3) is 0 Å². The van der Waals surface area contributed by atoms with Gasteiger partial charge < -0.3 is 19.4 Å². The highest BCUT2D eigenvalue weighted by Crippen LogP contribution is 2.34. The Balaban J connectivity index is 1.51. The lowest BCUT2D eigenvalue weighted by molar-refractivity contribution is -0.130. The van der Waals surface area contributed by atoms with Crippen molar-refractivity contribution in [2.24, 2.45) is 0 Å². The summed E-state index contributed by atoms with van der Waals surface area (Å²) in [5, 5.41) is 2.75. The zero-order chi connectivity index (χ0) is 21.6. The molecule has 0 unspecified atom stereocenters. The van der Waals surface area contributed by atoms with Crippen molar-refractivity contribution in [3.05, 3.63) is 46.8 Å². The van der Waals surface area contributed by atoms with E-state index in [4.69, 9.17) is 9.47 Å². The van der Waals surface area contributed by atoms with Crippen molar-refractivity contribution in [2.75, 3.05) is 13.3 Å². The summed E-state index contributed by atoms with van der Waals surface area (Å²) in [6, 6.07) is 6.69. The second-order valence-electron chi connectivity index (χ2n) is 7.97. The molecule has 0 saturated carbocycles. The van der Waals surface area contributed by atoms with Crippen molar-refractivity contribution in [3.63, 3.8) is 0 Å². The molecule has 2 aliphatic rings. The number of carbonyl (C=O) groups is 3. The second-order valence-corrected chi connectivity index (χ2v) is 7.97. The van der Waals surface area contributed by atoms with Gasteiger partial charge in [-0.25, -0.2) is 4.79 Å². The van der Waals surface area contributed by atoms with Gasteiger partial charge in [0.2, 0.25) is 6.79 Å². The highest BCUT2D eigenvalue weighted by atomic mass is 16.7. The van der Waals surface area contributed by atoms with Gasteiger partial charge in [-0.3, -0.25) is 14.5 Å². The molecule has 30 heavy (non-hydrogen) atoms. The number of Topliss-reactive ketones (excluding diaryl/α,β-unsaturated/α-hetero) is 1. The Bertz CT molecular complexity index is 1060. The monoisotopic (exact) mass is 411 g/mol. The number of urea groups is 1. The van der Waals surface area contributed by atoms with Gasteiger partial charge in [-0.1, -0.05) is 6.07 Å². The Hall–Kier alpha value is -3.29. The van der Waals surface area contributed by atoms with Crippen LogP contribution >= 0.6 is 0 Å². The van der Waals surface area contributed by atoms with Crippen molar-refractivity contribution in [3.8, 4) is 11.5 Å². The molecule has 1 saturated heterocycles. The number of fused-ring (bicyclic) bond motifs is 1. The number of nitrogens with zero attached hydrogens (tertiary/aromatic N) is 2. The number of benzene rings is 1. The third-order valence-electron chi connectivity index (χ3n) is 5.83. The number of aromatic nitrogens is 1. The van der Waals surface area contributed by atoms with Gasteiger partial charge in [0.15, 0.2) is 17.3 Å². The molecule has 3 heterocycles. The van der Waals surface area contributed by atoms with E-state index in [9.17, 15) is 14.4 Å². The molecule has 4 rings (SSSR count). The van der Waals surface area contributed by atoms with E-state index in [-0.39, 0.29) is 25.5 Å². The van der Waals surface area contributed by atoms with Gasteiger partial charge in [0, 0.05) is 29.9 Å². The van der Waals surface area contributed by atoms with Crippen LogP contribution in [0.15, 0.2) is 24.3 Å². The molecule has 2 aliphatic heterocycles. The average molecular weight is 411 g/mol. The van der Waals surface area contributed by atoms with Gasteiger partial charge in [0.05, 0.1) is 6.54 Å². The van der Waals surface area contributed by atoms with Gasteiger partial charge in [0.1, 0.15) is 5.54 Å². The Labute approximate surface area is 174 Å². The van der Waals surface area contributed by atoms with Gasteiger partial charge in [-0.05, 0) is 51.5 Å². The van der Waals surface area contributed by atoms with Crippen LogP contribution in [0.4, 0.5) is 4.79 Å². The van der Waals surface area contributed by atoms with Gasteiger partial charge in [-0.15, -0.1) is 0 Å². The number of rotatable bonds is 6. The van der Waals surface area contributed by atoms with Gasteiger partial charge in [0.25, 0.3) is 5.91 Å². The van der Waals surface area contributed by atoms with Crippen molar-refractivity contribution >= 4 is 17.7 Å². The maximum Gasteiger partial charge on any atom is 0.325 e. The molecule has 1 fully saturated rings. The summed E-state index contributed by atoms with van der Waals surface area (Å²) in [6.07, 6.45) is 0.281. The fourth-order valence-electron chi connectivity index (χ4n) is 4.27. The summed E-state index contributed by atoms with van der Waals surface area (Å²) >= 11 is 0. The first kappa shape index (κ1) is 20.0. The second kappa shape index (κ2) is 7.19. The molecule has 3 amide bonds. The molecular weight excluding hydrogens is 386 g/mol. The predicted molar refractivity (Wildman–Crippen MR) is 109 cm³/mol. The summed E-state index contributed by atoms with van der Waals surface area (Å²) in [5.41, 5.74) is 2.05.